The Labute approximate surface area is 198 Å². The molecule has 4 nitrogen and oxygen atoms in total. The average molecular weight is 415 g/mol. The fraction of sp³-hybridized carbons (Fsp3) is 0.958. The van der Waals surface area contributed by atoms with Crippen LogP contribution < -0.4 is 34.7 Å². The number of fused-ring (bicyclic) bond motifs is 5. The van der Waals surface area contributed by atoms with Gasteiger partial charge in [-0.15, -0.1) is 0 Å². The van der Waals surface area contributed by atoms with Crippen LogP contribution in [-0.2, 0) is 4.79 Å². The van der Waals surface area contributed by atoms with Gasteiger partial charge in [0.05, 0.1) is 12.2 Å². The zero-order chi connectivity index (χ0) is 20.3. The molecule has 2 N–H and O–H groups in total. The second-order valence-electron chi connectivity index (χ2n) is 11.3. The molecule has 0 bridgehead atoms. The molecule has 29 heavy (non-hydrogen) atoms. The van der Waals surface area contributed by atoms with E-state index in [1.54, 1.807) is 0 Å². The number of carbonyl (C=O) groups excluding carboxylic acids is 1. The molecule has 0 amide bonds. The van der Waals surface area contributed by atoms with Gasteiger partial charge < -0.3 is 20.1 Å². The number of carboxylic acids is 1. The molecule has 4 rings (SSSR count). The van der Waals surface area contributed by atoms with Crippen LogP contribution in [0.15, 0.2) is 0 Å². The molecule has 0 aromatic rings. The Hall–Kier alpha value is 0.390. The van der Waals surface area contributed by atoms with Gasteiger partial charge in [-0.05, 0) is 111 Å². The molecular weight excluding hydrogens is 375 g/mol. The van der Waals surface area contributed by atoms with Crippen LogP contribution in [0.4, 0.5) is 0 Å². The maximum absolute atomic E-state index is 11.2. The second-order valence-corrected chi connectivity index (χ2v) is 11.3. The van der Waals surface area contributed by atoms with Crippen molar-refractivity contribution in [2.24, 2.45) is 46.3 Å². The maximum atomic E-state index is 11.2. The largest absolute Gasteiger partial charge is 1.00 e. The molecule has 4 aliphatic carbocycles. The van der Waals surface area contributed by atoms with Gasteiger partial charge in [0.15, 0.2) is 0 Å². The fourth-order valence-electron chi connectivity index (χ4n) is 8.72. The van der Waals surface area contributed by atoms with Gasteiger partial charge in [0.2, 0.25) is 0 Å². The normalized spacial score (nSPS) is 49.9. The minimum absolute atomic E-state index is 0. The van der Waals surface area contributed by atoms with Gasteiger partial charge in [-0.2, -0.15) is 0 Å². The number of rotatable bonds is 4. The van der Waals surface area contributed by atoms with Crippen LogP contribution in [-0.4, -0.2) is 28.4 Å². The van der Waals surface area contributed by atoms with E-state index < -0.39 is 5.97 Å². The summed E-state index contributed by atoms with van der Waals surface area (Å²) < 4.78 is 0. The summed E-state index contributed by atoms with van der Waals surface area (Å²) in [4.78, 5) is 10.9. The average Bonchev–Trinajstić information content (AvgIpc) is 2.98. The van der Waals surface area contributed by atoms with Crippen LogP contribution >= 0.6 is 0 Å². The third-order valence-electron chi connectivity index (χ3n) is 10.2. The first-order valence-electron chi connectivity index (χ1n) is 11.7. The molecule has 5 heteroatoms. The number of carbonyl (C=O) groups is 1. The molecule has 0 saturated heterocycles. The molecule has 0 aromatic carbocycles. The van der Waals surface area contributed by atoms with Crippen molar-refractivity contribution in [3.05, 3.63) is 0 Å². The molecule has 5 unspecified atom stereocenters. The van der Waals surface area contributed by atoms with Crippen LogP contribution in [0, 0.1) is 46.3 Å². The van der Waals surface area contributed by atoms with E-state index >= 15 is 0 Å². The number of carboxylic acid groups (broad SMARTS) is 1. The van der Waals surface area contributed by atoms with Crippen LogP contribution in [0.25, 0.3) is 0 Å². The van der Waals surface area contributed by atoms with E-state index in [1.807, 2.05) is 0 Å². The van der Waals surface area contributed by atoms with E-state index in [0.717, 1.165) is 25.7 Å². The van der Waals surface area contributed by atoms with Crippen molar-refractivity contribution in [3.8, 4) is 0 Å². The zero-order valence-corrected chi connectivity index (χ0v) is 20.9. The molecule has 0 spiro atoms. The van der Waals surface area contributed by atoms with Gasteiger partial charge in [0.1, 0.15) is 0 Å². The van der Waals surface area contributed by atoms with E-state index in [0.29, 0.717) is 41.9 Å². The van der Waals surface area contributed by atoms with Crippen molar-refractivity contribution in [2.75, 3.05) is 0 Å². The molecule has 160 valence electrons. The number of hydrogen-bond acceptors (Lipinski definition) is 4. The predicted octanol–water partition coefficient (Wildman–Crippen LogP) is 0.147. The first-order valence-corrected chi connectivity index (χ1v) is 11.7. The number of aliphatic carboxylic acids is 1. The molecule has 10 atom stereocenters. The van der Waals surface area contributed by atoms with Gasteiger partial charge in [-0.3, -0.25) is 0 Å². The van der Waals surface area contributed by atoms with Gasteiger partial charge in [-0.25, -0.2) is 0 Å². The molecule has 4 saturated carbocycles. The van der Waals surface area contributed by atoms with Crippen LogP contribution in [0.3, 0.4) is 0 Å². The van der Waals surface area contributed by atoms with Crippen molar-refractivity contribution < 1.29 is 49.7 Å². The van der Waals surface area contributed by atoms with Crippen LogP contribution in [0.2, 0.25) is 0 Å². The van der Waals surface area contributed by atoms with Gasteiger partial charge in [0.25, 0.3) is 0 Å². The van der Waals surface area contributed by atoms with E-state index in [4.69, 9.17) is 0 Å². The Kier molecular flexibility index (Phi) is 7.24. The second kappa shape index (κ2) is 8.73. The van der Waals surface area contributed by atoms with Crippen LogP contribution in [0.5, 0.6) is 0 Å². The molecular formula is C24H39NaO4. The Bertz CT molecular complexity index is 612. The van der Waals surface area contributed by atoms with Gasteiger partial charge in [0, 0.05) is 5.97 Å². The topological polar surface area (TPSA) is 80.6 Å². The smallest absolute Gasteiger partial charge is 0.550 e. The molecule has 4 fully saturated rings. The Morgan fingerprint density at radius 1 is 1.03 bits per heavy atom. The molecule has 0 aliphatic heterocycles. The van der Waals surface area contributed by atoms with E-state index in [2.05, 4.69) is 20.8 Å². The SMILES string of the molecule is C[C@H](CCC(=O)[O-])[C@H]1CCC2C3C(CCC21C)C1(C)CC[C@@H](O)C[C@H]1C[C@@H]3O.[Na+]. The third-order valence-corrected chi connectivity index (χ3v) is 10.2. The summed E-state index contributed by atoms with van der Waals surface area (Å²) >= 11 is 0. The zero-order valence-electron chi connectivity index (χ0n) is 18.9. The summed E-state index contributed by atoms with van der Waals surface area (Å²) in [6.07, 6.45) is 8.91. The molecule has 0 heterocycles. The van der Waals surface area contributed by atoms with E-state index in [9.17, 15) is 20.1 Å². The first-order chi connectivity index (χ1) is 13.2. The summed E-state index contributed by atoms with van der Waals surface area (Å²) in [5.74, 6) is 1.99. The van der Waals surface area contributed by atoms with Gasteiger partial charge in [-0.1, -0.05) is 20.8 Å². The van der Waals surface area contributed by atoms with Crippen molar-refractivity contribution >= 4 is 5.97 Å². The fourth-order valence-corrected chi connectivity index (χ4v) is 8.72. The standard InChI is InChI=1S/C24H40O4.Na/c1-14(4-7-21(27)28)17-5-6-18-22-19(9-11-24(17,18)3)23(2)10-8-16(25)12-15(23)13-20(22)26;/h14-20,22,25-26H,4-13H2,1-3H3,(H,27,28);/q;+1/p-1/t14-,15+,16-,17-,18?,19?,20+,22?,23?,24?;/m1./s1. The summed E-state index contributed by atoms with van der Waals surface area (Å²) in [6, 6.07) is 0. The van der Waals surface area contributed by atoms with Crippen molar-refractivity contribution in [2.45, 2.75) is 97.2 Å². The number of aliphatic hydroxyl groups is 2. The predicted molar refractivity (Wildman–Crippen MR) is 106 cm³/mol. The monoisotopic (exact) mass is 414 g/mol. The molecule has 0 radical (unpaired) electrons. The number of aliphatic hydroxyl groups excluding tert-OH is 2. The van der Waals surface area contributed by atoms with Crippen molar-refractivity contribution in [1.29, 1.82) is 0 Å². The molecule has 4 aliphatic rings. The van der Waals surface area contributed by atoms with Crippen molar-refractivity contribution in [3.63, 3.8) is 0 Å². The minimum Gasteiger partial charge on any atom is -0.550 e. The summed E-state index contributed by atoms with van der Waals surface area (Å²) in [6.45, 7) is 7.11. The van der Waals surface area contributed by atoms with Gasteiger partial charge >= 0.3 is 29.6 Å². The van der Waals surface area contributed by atoms with Crippen molar-refractivity contribution in [1.82, 2.24) is 0 Å². The maximum Gasteiger partial charge on any atom is 1.00 e. The quantitative estimate of drug-likeness (QED) is 0.642. The Morgan fingerprint density at radius 3 is 2.38 bits per heavy atom. The summed E-state index contributed by atoms with van der Waals surface area (Å²) in [5, 5.41) is 32.4. The summed E-state index contributed by atoms with van der Waals surface area (Å²) in [7, 11) is 0. The first kappa shape index (κ1) is 24.0. The van der Waals surface area contributed by atoms with E-state index in [1.165, 1.54) is 25.7 Å². The third kappa shape index (κ3) is 3.99. The summed E-state index contributed by atoms with van der Waals surface area (Å²) in [5.41, 5.74) is 0.494. The minimum atomic E-state index is -0.934. The molecule has 0 aromatic heterocycles. The number of hydrogen-bond donors (Lipinski definition) is 2. The Morgan fingerprint density at radius 2 is 1.69 bits per heavy atom. The van der Waals surface area contributed by atoms with E-state index in [-0.39, 0.29) is 59.0 Å². The Balaban J connectivity index is 0.00000240. The van der Waals surface area contributed by atoms with Crippen LogP contribution in [0.1, 0.15) is 85.0 Å².